The minimum atomic E-state index is -3.78. The van der Waals surface area contributed by atoms with Crippen LogP contribution in [-0.4, -0.2) is 39.9 Å². The van der Waals surface area contributed by atoms with Crippen LogP contribution in [0.5, 0.6) is 11.5 Å². The lowest BCUT2D eigenvalue weighted by Gasteiger charge is -2.22. The number of rotatable bonds is 7. The van der Waals surface area contributed by atoms with Crippen LogP contribution in [0, 0.1) is 0 Å². The lowest BCUT2D eigenvalue weighted by Crippen LogP contribution is -2.40. The second kappa shape index (κ2) is 6.95. The van der Waals surface area contributed by atoms with Gasteiger partial charge in [0.05, 0.1) is 19.8 Å². The standard InChI is InChI=1S/C13H20BrNO5S/c1-5-13(2,16)8-15-21(17,18)12-7-11(20-4)10(19-3)6-9(12)14/h6-7,15-16H,5,8H2,1-4H3. The highest BCUT2D eigenvalue weighted by Gasteiger charge is 2.25. The fourth-order valence-electron chi connectivity index (χ4n) is 1.49. The molecule has 2 N–H and O–H groups in total. The van der Waals surface area contributed by atoms with Gasteiger partial charge in [-0.15, -0.1) is 0 Å². The molecule has 0 bridgehead atoms. The highest BCUT2D eigenvalue weighted by atomic mass is 79.9. The summed E-state index contributed by atoms with van der Waals surface area (Å²) in [4.78, 5) is 0.0204. The number of ether oxygens (including phenoxy) is 2. The van der Waals surface area contributed by atoms with Crippen molar-refractivity contribution in [2.75, 3.05) is 20.8 Å². The van der Waals surface area contributed by atoms with Gasteiger partial charge in [-0.1, -0.05) is 6.92 Å². The summed E-state index contributed by atoms with van der Waals surface area (Å²) in [6.45, 7) is 3.27. The molecular formula is C13H20BrNO5S. The van der Waals surface area contributed by atoms with Crippen molar-refractivity contribution < 1.29 is 23.0 Å². The van der Waals surface area contributed by atoms with E-state index in [1.165, 1.54) is 26.4 Å². The molecule has 1 unspecified atom stereocenters. The van der Waals surface area contributed by atoms with E-state index in [1.54, 1.807) is 13.8 Å². The Morgan fingerprint density at radius 1 is 1.29 bits per heavy atom. The first-order valence-electron chi connectivity index (χ1n) is 6.30. The molecule has 8 heteroatoms. The van der Waals surface area contributed by atoms with Crippen LogP contribution in [0.25, 0.3) is 0 Å². The molecule has 0 aromatic heterocycles. The monoisotopic (exact) mass is 381 g/mol. The molecule has 0 saturated carbocycles. The molecule has 120 valence electrons. The summed E-state index contributed by atoms with van der Waals surface area (Å²) in [7, 11) is -0.889. The van der Waals surface area contributed by atoms with Gasteiger partial charge >= 0.3 is 0 Å². The van der Waals surface area contributed by atoms with Crippen LogP contribution in [0.15, 0.2) is 21.5 Å². The van der Waals surface area contributed by atoms with Crippen molar-refractivity contribution >= 4 is 26.0 Å². The third-order valence-corrected chi connectivity index (χ3v) is 5.49. The number of hydrogen-bond acceptors (Lipinski definition) is 5. The SMILES string of the molecule is CCC(C)(O)CNS(=O)(=O)c1cc(OC)c(OC)cc1Br. The predicted octanol–water partition coefficient (Wildman–Crippen LogP) is 1.91. The largest absolute Gasteiger partial charge is 0.493 e. The minimum Gasteiger partial charge on any atom is -0.493 e. The van der Waals surface area contributed by atoms with Gasteiger partial charge < -0.3 is 14.6 Å². The maximum atomic E-state index is 12.3. The Morgan fingerprint density at radius 3 is 2.29 bits per heavy atom. The lowest BCUT2D eigenvalue weighted by molar-refractivity contribution is 0.0613. The second-order valence-corrected chi connectivity index (χ2v) is 7.40. The van der Waals surface area contributed by atoms with Gasteiger partial charge in [-0.2, -0.15) is 0 Å². The van der Waals surface area contributed by atoms with E-state index in [0.29, 0.717) is 22.4 Å². The maximum absolute atomic E-state index is 12.3. The molecule has 6 nitrogen and oxygen atoms in total. The molecule has 1 aromatic rings. The van der Waals surface area contributed by atoms with Crippen LogP contribution in [-0.2, 0) is 10.0 Å². The minimum absolute atomic E-state index is 0.0204. The Labute approximate surface area is 133 Å². The third kappa shape index (κ3) is 4.57. The van der Waals surface area contributed by atoms with E-state index in [9.17, 15) is 13.5 Å². The molecule has 1 atom stereocenters. The summed E-state index contributed by atoms with van der Waals surface area (Å²) >= 11 is 3.21. The van der Waals surface area contributed by atoms with Gasteiger partial charge in [-0.3, -0.25) is 0 Å². The lowest BCUT2D eigenvalue weighted by atomic mass is 10.1. The van der Waals surface area contributed by atoms with Crippen molar-refractivity contribution in [3.63, 3.8) is 0 Å². The first kappa shape index (κ1) is 18.2. The van der Waals surface area contributed by atoms with Gasteiger partial charge in [0.25, 0.3) is 0 Å². The normalized spacial score (nSPS) is 14.6. The van der Waals surface area contributed by atoms with Crippen LogP contribution in [0.4, 0.5) is 0 Å². The topological polar surface area (TPSA) is 84.9 Å². The molecule has 0 radical (unpaired) electrons. The van der Waals surface area contributed by atoms with E-state index in [1.807, 2.05) is 0 Å². The highest BCUT2D eigenvalue weighted by molar-refractivity contribution is 9.10. The van der Waals surface area contributed by atoms with Gasteiger partial charge in [0.15, 0.2) is 11.5 Å². The van der Waals surface area contributed by atoms with Crippen molar-refractivity contribution in [1.29, 1.82) is 0 Å². The molecule has 21 heavy (non-hydrogen) atoms. The van der Waals surface area contributed by atoms with Crippen molar-refractivity contribution in [2.24, 2.45) is 0 Å². The van der Waals surface area contributed by atoms with Crippen molar-refractivity contribution in [1.82, 2.24) is 4.72 Å². The summed E-state index contributed by atoms with van der Waals surface area (Å²) in [5.41, 5.74) is -1.10. The first-order valence-corrected chi connectivity index (χ1v) is 8.58. The molecule has 0 aliphatic carbocycles. The number of sulfonamides is 1. The Bertz CT molecular complexity index is 601. The molecule has 0 saturated heterocycles. The van der Waals surface area contributed by atoms with E-state index >= 15 is 0 Å². The molecule has 1 rings (SSSR count). The summed E-state index contributed by atoms with van der Waals surface area (Å²) < 4.78 is 37.6. The van der Waals surface area contributed by atoms with Crippen LogP contribution in [0.1, 0.15) is 20.3 Å². The van der Waals surface area contributed by atoms with Crippen LogP contribution < -0.4 is 14.2 Å². The van der Waals surface area contributed by atoms with E-state index in [2.05, 4.69) is 20.7 Å². The number of methoxy groups -OCH3 is 2. The number of halogens is 1. The zero-order valence-electron chi connectivity index (χ0n) is 12.4. The van der Waals surface area contributed by atoms with Crippen LogP contribution >= 0.6 is 15.9 Å². The number of aliphatic hydroxyl groups is 1. The van der Waals surface area contributed by atoms with Gasteiger partial charge in [0.2, 0.25) is 10.0 Å². The summed E-state index contributed by atoms with van der Waals surface area (Å²) in [5, 5.41) is 9.90. The summed E-state index contributed by atoms with van der Waals surface area (Å²) in [6, 6.07) is 2.89. The first-order chi connectivity index (χ1) is 9.66. The molecular weight excluding hydrogens is 362 g/mol. The second-order valence-electron chi connectivity index (χ2n) is 4.81. The van der Waals surface area contributed by atoms with Gasteiger partial charge in [0, 0.05) is 17.1 Å². The number of benzene rings is 1. The number of nitrogens with one attached hydrogen (secondary N) is 1. The molecule has 0 fully saturated rings. The van der Waals surface area contributed by atoms with Crippen molar-refractivity contribution in [2.45, 2.75) is 30.8 Å². The predicted molar refractivity (Wildman–Crippen MR) is 83.3 cm³/mol. The van der Waals surface area contributed by atoms with E-state index < -0.39 is 15.6 Å². The smallest absolute Gasteiger partial charge is 0.241 e. The average molecular weight is 382 g/mol. The Hall–Kier alpha value is -0.830. The van der Waals surface area contributed by atoms with Crippen molar-refractivity contribution in [3.8, 4) is 11.5 Å². The summed E-state index contributed by atoms with van der Waals surface area (Å²) in [5.74, 6) is 0.729. The maximum Gasteiger partial charge on any atom is 0.241 e. The molecule has 0 aliphatic rings. The van der Waals surface area contributed by atoms with Gasteiger partial charge in [-0.05, 0) is 35.3 Å². The van der Waals surface area contributed by atoms with E-state index in [-0.39, 0.29) is 11.4 Å². The molecule has 1 aromatic carbocycles. The zero-order valence-corrected chi connectivity index (χ0v) is 14.8. The van der Waals surface area contributed by atoms with E-state index in [4.69, 9.17) is 9.47 Å². The Kier molecular flexibility index (Phi) is 6.03. The van der Waals surface area contributed by atoms with E-state index in [0.717, 1.165) is 0 Å². The van der Waals surface area contributed by atoms with Crippen LogP contribution in [0.3, 0.4) is 0 Å². The molecule has 0 heterocycles. The van der Waals surface area contributed by atoms with Crippen LogP contribution in [0.2, 0.25) is 0 Å². The zero-order chi connectivity index (χ0) is 16.3. The Morgan fingerprint density at radius 2 is 1.81 bits per heavy atom. The fourth-order valence-corrected chi connectivity index (χ4v) is 3.69. The molecule has 0 aliphatic heterocycles. The fraction of sp³-hybridized carbons (Fsp3) is 0.538. The molecule has 0 amide bonds. The average Bonchev–Trinajstić information content (AvgIpc) is 2.44. The quantitative estimate of drug-likeness (QED) is 0.753. The van der Waals surface area contributed by atoms with Gasteiger partial charge in [-0.25, -0.2) is 13.1 Å². The molecule has 0 spiro atoms. The highest BCUT2D eigenvalue weighted by Crippen LogP contribution is 2.35. The Balaban J connectivity index is 3.14. The number of hydrogen-bond donors (Lipinski definition) is 2. The van der Waals surface area contributed by atoms with Gasteiger partial charge in [0.1, 0.15) is 4.90 Å². The summed E-state index contributed by atoms with van der Waals surface area (Å²) in [6.07, 6.45) is 0.433. The third-order valence-electron chi connectivity index (χ3n) is 3.13. The van der Waals surface area contributed by atoms with Crippen molar-refractivity contribution in [3.05, 3.63) is 16.6 Å².